The fourth-order valence-electron chi connectivity index (χ4n) is 3.88. The Morgan fingerprint density at radius 3 is 2.08 bits per heavy atom. The summed E-state index contributed by atoms with van der Waals surface area (Å²) in [4.78, 5) is 14.0. The number of carbonyl (C=O) groups excluding carboxylic acids is 1. The first-order valence-electron chi connectivity index (χ1n) is 8.43. The predicted octanol–water partition coefficient (Wildman–Crippen LogP) is 5.52. The molecule has 1 heterocycles. The van der Waals surface area contributed by atoms with E-state index in [1.165, 1.54) is 4.90 Å². The Bertz CT molecular complexity index is 653. The molecule has 1 aliphatic carbocycles. The van der Waals surface area contributed by atoms with Gasteiger partial charge in [-0.2, -0.15) is 26.3 Å². The highest BCUT2D eigenvalue weighted by Crippen LogP contribution is 2.39. The van der Waals surface area contributed by atoms with E-state index >= 15 is 0 Å². The van der Waals surface area contributed by atoms with Crippen molar-refractivity contribution >= 4 is 11.7 Å². The monoisotopic (exact) mass is 380 g/mol. The molecular formula is C17H18F6N2O. The third-order valence-electron chi connectivity index (χ3n) is 5.11. The molecule has 2 amide bonds. The lowest BCUT2D eigenvalue weighted by Gasteiger charge is -2.31. The quantitative estimate of drug-likeness (QED) is 0.639. The Morgan fingerprint density at radius 2 is 1.50 bits per heavy atom. The molecule has 0 spiro atoms. The van der Waals surface area contributed by atoms with Gasteiger partial charge in [0.25, 0.3) is 0 Å². The van der Waals surface area contributed by atoms with Crippen LogP contribution in [0, 0.1) is 5.92 Å². The number of alkyl halides is 6. The number of benzene rings is 1. The van der Waals surface area contributed by atoms with Crippen LogP contribution >= 0.6 is 0 Å². The highest BCUT2D eigenvalue weighted by molar-refractivity contribution is 5.90. The molecule has 2 fully saturated rings. The first-order valence-corrected chi connectivity index (χ1v) is 8.43. The van der Waals surface area contributed by atoms with Gasteiger partial charge < -0.3 is 10.2 Å². The molecule has 1 aliphatic heterocycles. The first-order chi connectivity index (χ1) is 12.1. The summed E-state index contributed by atoms with van der Waals surface area (Å²) in [5, 5.41) is 2.23. The molecule has 0 bridgehead atoms. The van der Waals surface area contributed by atoms with Crippen molar-refractivity contribution in [3.63, 3.8) is 0 Å². The maximum Gasteiger partial charge on any atom is 0.416 e. The van der Waals surface area contributed by atoms with Crippen molar-refractivity contribution in [3.05, 3.63) is 29.3 Å². The summed E-state index contributed by atoms with van der Waals surface area (Å²) in [6, 6.07) is 0.467. The van der Waals surface area contributed by atoms with Crippen LogP contribution < -0.4 is 5.32 Å². The van der Waals surface area contributed by atoms with Crippen LogP contribution in [0.1, 0.15) is 43.2 Å². The number of likely N-dealkylation sites (tertiary alicyclic amines) is 1. The van der Waals surface area contributed by atoms with Gasteiger partial charge in [-0.3, -0.25) is 0 Å². The zero-order chi connectivity index (χ0) is 19.1. The van der Waals surface area contributed by atoms with Crippen LogP contribution in [0.5, 0.6) is 0 Å². The van der Waals surface area contributed by atoms with Crippen molar-refractivity contribution in [3.8, 4) is 0 Å². The van der Waals surface area contributed by atoms with Crippen LogP contribution in [-0.4, -0.2) is 23.5 Å². The average Bonchev–Trinajstić information content (AvgIpc) is 2.97. The molecule has 2 aliphatic rings. The number of rotatable bonds is 1. The van der Waals surface area contributed by atoms with E-state index in [0.717, 1.165) is 32.1 Å². The topological polar surface area (TPSA) is 32.3 Å². The third-order valence-corrected chi connectivity index (χ3v) is 5.11. The molecule has 0 unspecified atom stereocenters. The van der Waals surface area contributed by atoms with Crippen LogP contribution in [0.4, 0.5) is 36.8 Å². The standard InChI is InChI=1S/C17H18F6N2O/c18-16(19,20)11-7-12(17(21,22)23)9-13(8-11)24-15(26)25-6-5-10-3-1-2-4-14(10)25/h7-10,14H,1-6H2,(H,24,26)/t10-,14-/m1/s1. The van der Waals surface area contributed by atoms with Crippen molar-refractivity contribution in [1.29, 1.82) is 0 Å². The maximum atomic E-state index is 12.9. The molecule has 0 radical (unpaired) electrons. The SMILES string of the molecule is O=C(Nc1cc(C(F)(F)F)cc(C(F)(F)F)c1)N1CC[C@H]2CCCC[C@H]21. The largest absolute Gasteiger partial charge is 0.416 e. The molecule has 0 aromatic heterocycles. The number of halogens is 6. The Balaban J connectivity index is 1.83. The van der Waals surface area contributed by atoms with Crippen molar-refractivity contribution in [2.24, 2.45) is 5.92 Å². The van der Waals surface area contributed by atoms with Crippen molar-refractivity contribution in [2.45, 2.75) is 50.5 Å². The van der Waals surface area contributed by atoms with Gasteiger partial charge in [-0.15, -0.1) is 0 Å². The molecule has 26 heavy (non-hydrogen) atoms. The molecule has 1 aromatic carbocycles. The maximum absolute atomic E-state index is 12.9. The van der Waals surface area contributed by atoms with Crippen LogP contribution in [0.15, 0.2) is 18.2 Å². The Morgan fingerprint density at radius 1 is 0.923 bits per heavy atom. The highest BCUT2D eigenvalue weighted by atomic mass is 19.4. The fourth-order valence-corrected chi connectivity index (χ4v) is 3.88. The van der Waals surface area contributed by atoms with Gasteiger partial charge in [0.2, 0.25) is 0 Å². The Kier molecular flexibility index (Phi) is 4.83. The minimum atomic E-state index is -4.94. The number of hydrogen-bond donors (Lipinski definition) is 1. The van der Waals surface area contributed by atoms with E-state index in [4.69, 9.17) is 0 Å². The lowest BCUT2D eigenvalue weighted by molar-refractivity contribution is -0.143. The number of anilines is 1. The number of hydrogen-bond acceptors (Lipinski definition) is 1. The van der Waals surface area contributed by atoms with E-state index < -0.39 is 35.2 Å². The van der Waals surface area contributed by atoms with Gasteiger partial charge in [-0.1, -0.05) is 12.8 Å². The zero-order valence-corrected chi connectivity index (χ0v) is 13.8. The summed E-state index contributed by atoms with van der Waals surface area (Å²) in [6.45, 7) is 0.465. The number of amides is 2. The second-order valence-corrected chi connectivity index (χ2v) is 6.82. The second kappa shape index (κ2) is 6.66. The Hall–Kier alpha value is -1.93. The molecule has 1 saturated heterocycles. The zero-order valence-electron chi connectivity index (χ0n) is 13.8. The summed E-state index contributed by atoms with van der Waals surface area (Å²) < 4.78 is 77.4. The fraction of sp³-hybridized carbons (Fsp3) is 0.588. The van der Waals surface area contributed by atoms with Gasteiger partial charge in [0.1, 0.15) is 0 Å². The Labute approximate surface area is 146 Å². The summed E-state index contributed by atoms with van der Waals surface area (Å²) in [6.07, 6.45) is -5.21. The van der Waals surface area contributed by atoms with Crippen molar-refractivity contribution in [2.75, 3.05) is 11.9 Å². The van der Waals surface area contributed by atoms with E-state index in [2.05, 4.69) is 5.32 Å². The van der Waals surface area contributed by atoms with Gasteiger partial charge in [0.15, 0.2) is 0 Å². The molecule has 1 aromatic rings. The summed E-state index contributed by atoms with van der Waals surface area (Å²) >= 11 is 0. The molecule has 1 N–H and O–H groups in total. The van der Waals surface area contributed by atoms with E-state index in [9.17, 15) is 31.1 Å². The minimum Gasteiger partial charge on any atom is -0.321 e. The third kappa shape index (κ3) is 3.91. The van der Waals surface area contributed by atoms with Crippen LogP contribution in [0.3, 0.4) is 0 Å². The molecule has 2 atom stereocenters. The number of urea groups is 1. The number of fused-ring (bicyclic) bond motifs is 1. The summed E-state index contributed by atoms with van der Waals surface area (Å²) in [5.41, 5.74) is -3.39. The highest BCUT2D eigenvalue weighted by Gasteiger charge is 2.39. The van der Waals surface area contributed by atoms with Crippen LogP contribution in [0.2, 0.25) is 0 Å². The molecule has 1 saturated carbocycles. The van der Waals surface area contributed by atoms with E-state index in [-0.39, 0.29) is 12.1 Å². The molecule has 9 heteroatoms. The van der Waals surface area contributed by atoms with Gasteiger partial charge in [0, 0.05) is 18.3 Å². The predicted molar refractivity (Wildman–Crippen MR) is 82.5 cm³/mol. The smallest absolute Gasteiger partial charge is 0.321 e. The summed E-state index contributed by atoms with van der Waals surface area (Å²) in [7, 11) is 0. The lowest BCUT2D eigenvalue weighted by Crippen LogP contribution is -2.41. The van der Waals surface area contributed by atoms with Gasteiger partial charge in [-0.25, -0.2) is 4.79 Å². The average molecular weight is 380 g/mol. The van der Waals surface area contributed by atoms with E-state index in [0.29, 0.717) is 24.6 Å². The van der Waals surface area contributed by atoms with E-state index in [1.807, 2.05) is 0 Å². The first kappa shape index (κ1) is 18.8. The van der Waals surface area contributed by atoms with Gasteiger partial charge >= 0.3 is 18.4 Å². The molecule has 144 valence electrons. The van der Waals surface area contributed by atoms with Gasteiger partial charge in [0.05, 0.1) is 11.1 Å². The van der Waals surface area contributed by atoms with Crippen molar-refractivity contribution in [1.82, 2.24) is 4.90 Å². The minimum absolute atomic E-state index is 0.0108. The number of nitrogens with one attached hydrogen (secondary N) is 1. The van der Waals surface area contributed by atoms with Crippen LogP contribution in [-0.2, 0) is 12.4 Å². The molecule has 3 rings (SSSR count). The molecular weight excluding hydrogens is 362 g/mol. The van der Waals surface area contributed by atoms with E-state index in [1.54, 1.807) is 0 Å². The van der Waals surface area contributed by atoms with Crippen molar-refractivity contribution < 1.29 is 31.1 Å². The molecule has 3 nitrogen and oxygen atoms in total. The number of nitrogens with zero attached hydrogens (tertiary/aromatic N) is 1. The second-order valence-electron chi connectivity index (χ2n) is 6.82. The lowest BCUT2D eigenvalue weighted by atomic mass is 9.85. The van der Waals surface area contributed by atoms with Crippen LogP contribution in [0.25, 0.3) is 0 Å². The normalized spacial score (nSPS) is 23.7. The summed E-state index contributed by atoms with van der Waals surface area (Å²) in [5.74, 6) is 0.363. The number of carbonyl (C=O) groups is 1. The van der Waals surface area contributed by atoms with Gasteiger partial charge in [-0.05, 0) is 43.4 Å².